The number of rotatable bonds is 5. The molecule has 3 aliphatic heterocycles. The molecule has 3 saturated heterocycles. The number of hydrogen-bond acceptors (Lipinski definition) is 7. The first-order valence-electron chi connectivity index (χ1n) is 11.5. The number of fused-ring (bicyclic) bond motifs is 1. The molecule has 0 aromatic heterocycles. The van der Waals surface area contributed by atoms with Gasteiger partial charge in [0.25, 0.3) is 0 Å². The molecule has 0 bridgehead atoms. The van der Waals surface area contributed by atoms with Gasteiger partial charge >= 0.3 is 0 Å². The van der Waals surface area contributed by atoms with E-state index in [0.717, 1.165) is 37.1 Å². The Bertz CT molecular complexity index is 1040. The molecule has 3 fully saturated rings. The van der Waals surface area contributed by atoms with Gasteiger partial charge in [-0.2, -0.15) is 0 Å². The minimum Gasteiger partial charge on any atom is -0.354 e. The van der Waals surface area contributed by atoms with Crippen LogP contribution in [0, 0.1) is 6.92 Å². The van der Waals surface area contributed by atoms with Crippen LogP contribution in [-0.2, 0) is 28.8 Å². The Morgan fingerprint density at radius 3 is 2.33 bits per heavy atom. The second-order valence-corrected chi connectivity index (χ2v) is 11.1. The van der Waals surface area contributed by atoms with Crippen LogP contribution in [0.15, 0.2) is 59.5 Å². The van der Waals surface area contributed by atoms with Gasteiger partial charge in [-0.05, 0) is 45.0 Å². The monoisotopic (exact) mass is 473 g/mol. The molecule has 0 unspecified atom stereocenters. The van der Waals surface area contributed by atoms with Crippen LogP contribution in [0.2, 0.25) is 0 Å². The maximum Gasteiger partial charge on any atom is 0.185 e. The normalized spacial score (nSPS) is 33.0. The molecular formula is C25H31NO6S. The van der Waals surface area contributed by atoms with Crippen LogP contribution in [0.1, 0.15) is 30.3 Å². The number of sulfone groups is 1. The van der Waals surface area contributed by atoms with Crippen LogP contribution in [0.3, 0.4) is 0 Å². The molecule has 178 valence electrons. The van der Waals surface area contributed by atoms with E-state index in [9.17, 15) is 8.42 Å². The van der Waals surface area contributed by atoms with Gasteiger partial charge in [-0.15, -0.1) is 0 Å². The van der Waals surface area contributed by atoms with Crippen molar-refractivity contribution in [2.45, 2.75) is 60.7 Å². The van der Waals surface area contributed by atoms with Crippen molar-refractivity contribution >= 4 is 9.84 Å². The van der Waals surface area contributed by atoms with E-state index in [1.54, 1.807) is 19.2 Å². The van der Waals surface area contributed by atoms with E-state index >= 15 is 0 Å². The van der Waals surface area contributed by atoms with Crippen molar-refractivity contribution in [2.75, 3.05) is 26.8 Å². The summed E-state index contributed by atoms with van der Waals surface area (Å²) in [6.07, 6.45) is -0.518. The van der Waals surface area contributed by atoms with E-state index in [0.29, 0.717) is 4.90 Å². The number of benzene rings is 2. The highest BCUT2D eigenvalue weighted by Crippen LogP contribution is 2.41. The van der Waals surface area contributed by atoms with Crippen molar-refractivity contribution in [3.63, 3.8) is 0 Å². The van der Waals surface area contributed by atoms with Gasteiger partial charge in [0.1, 0.15) is 17.5 Å². The average molecular weight is 474 g/mol. The lowest BCUT2D eigenvalue weighted by atomic mass is 9.97. The van der Waals surface area contributed by atoms with Gasteiger partial charge in [0, 0.05) is 12.7 Å². The molecule has 2 aromatic rings. The fraction of sp³-hybridized carbons (Fsp3) is 0.520. The predicted molar refractivity (Wildman–Crippen MR) is 122 cm³/mol. The lowest BCUT2D eigenvalue weighted by Gasteiger charge is -2.51. The molecule has 0 amide bonds. The Kier molecular flexibility index (Phi) is 6.57. The summed E-state index contributed by atoms with van der Waals surface area (Å²) in [5.41, 5.74) is 1.87. The molecule has 0 N–H and O–H groups in total. The van der Waals surface area contributed by atoms with Gasteiger partial charge < -0.3 is 18.9 Å². The van der Waals surface area contributed by atoms with Crippen molar-refractivity contribution in [1.82, 2.24) is 4.90 Å². The summed E-state index contributed by atoms with van der Waals surface area (Å²) in [6.45, 7) is 3.80. The number of aryl methyl sites for hydroxylation is 1. The Morgan fingerprint density at radius 1 is 0.970 bits per heavy atom. The number of ether oxygens (including phenoxy) is 4. The van der Waals surface area contributed by atoms with Gasteiger partial charge in [-0.1, -0.05) is 48.0 Å². The van der Waals surface area contributed by atoms with Crippen LogP contribution in [0.4, 0.5) is 0 Å². The molecule has 6 atom stereocenters. The first kappa shape index (κ1) is 23.0. The predicted octanol–water partition coefficient (Wildman–Crippen LogP) is 3.09. The Labute approximate surface area is 195 Å². The summed E-state index contributed by atoms with van der Waals surface area (Å²) in [5, 5.41) is -0.850. The second kappa shape index (κ2) is 9.44. The fourth-order valence-corrected chi connectivity index (χ4v) is 7.29. The van der Waals surface area contributed by atoms with Crippen molar-refractivity contribution in [2.24, 2.45) is 0 Å². The SMILES string of the molecule is CO[C@H]1O[C@@H]2CO[C@@H](c3ccccc3)O[C@H]2[C@H](S(=O)(=O)c2ccc(C)cc2)[C@@H]1N1CCCC1. The maximum absolute atomic E-state index is 14.2. The summed E-state index contributed by atoms with van der Waals surface area (Å²) < 4.78 is 52.7. The molecule has 3 heterocycles. The summed E-state index contributed by atoms with van der Waals surface area (Å²) in [6, 6.07) is 16.2. The third-order valence-electron chi connectivity index (χ3n) is 6.88. The highest BCUT2D eigenvalue weighted by molar-refractivity contribution is 7.92. The molecule has 33 heavy (non-hydrogen) atoms. The topological polar surface area (TPSA) is 74.3 Å². The van der Waals surface area contributed by atoms with Crippen LogP contribution in [0.5, 0.6) is 0 Å². The largest absolute Gasteiger partial charge is 0.354 e. The maximum atomic E-state index is 14.2. The highest BCUT2D eigenvalue weighted by Gasteiger charge is 2.57. The molecule has 3 aliphatic rings. The van der Waals surface area contributed by atoms with Gasteiger partial charge in [0.2, 0.25) is 0 Å². The molecule has 0 saturated carbocycles. The van der Waals surface area contributed by atoms with E-state index in [-0.39, 0.29) is 6.61 Å². The van der Waals surface area contributed by atoms with Crippen molar-refractivity contribution in [3.8, 4) is 0 Å². The lowest BCUT2D eigenvalue weighted by Crippen LogP contribution is -2.68. The van der Waals surface area contributed by atoms with Crippen molar-refractivity contribution < 1.29 is 27.4 Å². The molecule has 0 radical (unpaired) electrons. The number of hydrogen-bond donors (Lipinski definition) is 0. The first-order valence-corrected chi connectivity index (χ1v) is 13.1. The zero-order valence-electron chi connectivity index (χ0n) is 19.0. The molecule has 0 aliphatic carbocycles. The second-order valence-electron chi connectivity index (χ2n) is 9.01. The molecule has 5 rings (SSSR count). The van der Waals surface area contributed by atoms with E-state index in [4.69, 9.17) is 18.9 Å². The van der Waals surface area contributed by atoms with Crippen LogP contribution in [0.25, 0.3) is 0 Å². The van der Waals surface area contributed by atoms with Gasteiger partial charge in [0.15, 0.2) is 22.4 Å². The van der Waals surface area contributed by atoms with E-state index in [1.165, 1.54) is 0 Å². The summed E-state index contributed by atoms with van der Waals surface area (Å²) in [4.78, 5) is 2.49. The molecule has 8 heteroatoms. The Hall–Kier alpha value is -1.81. The summed E-state index contributed by atoms with van der Waals surface area (Å²) >= 11 is 0. The minimum absolute atomic E-state index is 0.233. The fourth-order valence-electron chi connectivity index (χ4n) is 5.20. The van der Waals surface area contributed by atoms with E-state index in [2.05, 4.69) is 4.90 Å². The van der Waals surface area contributed by atoms with Crippen molar-refractivity contribution in [1.29, 1.82) is 0 Å². The lowest BCUT2D eigenvalue weighted by molar-refractivity contribution is -0.324. The molecular weight excluding hydrogens is 442 g/mol. The quantitative estimate of drug-likeness (QED) is 0.661. The number of methoxy groups -OCH3 is 1. The number of likely N-dealkylation sites (tertiary alicyclic amines) is 1. The van der Waals surface area contributed by atoms with Crippen LogP contribution < -0.4 is 0 Å². The van der Waals surface area contributed by atoms with Gasteiger partial charge in [-0.3, -0.25) is 4.90 Å². The Morgan fingerprint density at radius 2 is 1.67 bits per heavy atom. The smallest absolute Gasteiger partial charge is 0.185 e. The van der Waals surface area contributed by atoms with E-state index in [1.807, 2.05) is 49.4 Å². The third-order valence-corrected chi connectivity index (χ3v) is 9.07. The van der Waals surface area contributed by atoms with E-state index < -0.39 is 45.9 Å². The standard InChI is InChI=1S/C25H31NO6S/c1-17-10-12-19(13-11-17)33(27,28)23-21(26-14-6-7-15-26)25(29-2)31-20-16-30-24(32-22(20)23)18-8-4-3-5-9-18/h3-5,8-13,20-25H,6-7,14-16H2,1-2H3/t20-,21+,22-,23-,24-,25+/m1/s1. The molecule has 2 aromatic carbocycles. The minimum atomic E-state index is -3.77. The van der Waals surface area contributed by atoms with Crippen LogP contribution >= 0.6 is 0 Å². The van der Waals surface area contributed by atoms with Crippen LogP contribution in [-0.4, -0.2) is 69.9 Å². The van der Waals surface area contributed by atoms with Crippen molar-refractivity contribution in [3.05, 3.63) is 65.7 Å². The Balaban J connectivity index is 1.57. The average Bonchev–Trinajstić information content (AvgIpc) is 3.38. The summed E-state index contributed by atoms with van der Waals surface area (Å²) in [5.74, 6) is 0. The zero-order valence-corrected chi connectivity index (χ0v) is 19.8. The first-order chi connectivity index (χ1) is 16.0. The zero-order chi connectivity index (χ0) is 23.0. The van der Waals surface area contributed by atoms with Gasteiger partial charge in [-0.25, -0.2) is 8.42 Å². The molecule has 7 nitrogen and oxygen atoms in total. The highest BCUT2D eigenvalue weighted by atomic mass is 32.2. The summed E-state index contributed by atoms with van der Waals surface area (Å²) in [7, 11) is -2.20. The van der Waals surface area contributed by atoms with Gasteiger partial charge in [0.05, 0.1) is 17.5 Å². The molecule has 0 spiro atoms. The third kappa shape index (κ3) is 4.36. The number of nitrogens with zero attached hydrogens (tertiary/aromatic N) is 1.